The van der Waals surface area contributed by atoms with Gasteiger partial charge in [0.15, 0.2) is 5.78 Å². The molecule has 0 saturated carbocycles. The Morgan fingerprint density at radius 1 is 1.25 bits per heavy atom. The third kappa shape index (κ3) is 2.25. The molecule has 0 fully saturated rings. The molecule has 1 atom stereocenters. The van der Waals surface area contributed by atoms with Gasteiger partial charge in [-0.15, -0.1) is 0 Å². The summed E-state index contributed by atoms with van der Waals surface area (Å²) in [6.45, 7) is 0. The number of hydrogen-bond acceptors (Lipinski definition) is 3. The van der Waals surface area contributed by atoms with E-state index in [0.717, 1.165) is 5.56 Å². The van der Waals surface area contributed by atoms with E-state index >= 15 is 0 Å². The van der Waals surface area contributed by atoms with E-state index in [4.69, 9.17) is 9.47 Å². The lowest BCUT2D eigenvalue weighted by Gasteiger charge is -2.25. The highest BCUT2D eigenvalue weighted by atomic mass is 19.1. The van der Waals surface area contributed by atoms with Crippen molar-refractivity contribution in [1.82, 2.24) is 0 Å². The van der Waals surface area contributed by atoms with Crippen molar-refractivity contribution < 1.29 is 18.7 Å². The summed E-state index contributed by atoms with van der Waals surface area (Å²) in [6.07, 6.45) is -0.168. The summed E-state index contributed by atoms with van der Waals surface area (Å²) in [5.74, 6) is 0.541. The van der Waals surface area contributed by atoms with Crippen molar-refractivity contribution in [2.24, 2.45) is 0 Å². The predicted molar refractivity (Wildman–Crippen MR) is 71.7 cm³/mol. The summed E-state index contributed by atoms with van der Waals surface area (Å²) in [5, 5.41) is 0. The van der Waals surface area contributed by atoms with Crippen molar-refractivity contribution in [3.63, 3.8) is 0 Å². The standard InChI is InChI=1S/C16H13FO3/c1-19-12-4-2-3-10(7-12)15-9-14(18)13-6-5-11(17)8-16(13)20-15/h2-8,15H,9H2,1H3. The van der Waals surface area contributed by atoms with E-state index in [-0.39, 0.29) is 12.2 Å². The molecule has 1 unspecified atom stereocenters. The fourth-order valence-electron chi connectivity index (χ4n) is 2.32. The van der Waals surface area contributed by atoms with E-state index in [9.17, 15) is 9.18 Å². The van der Waals surface area contributed by atoms with Crippen LogP contribution in [0.1, 0.15) is 28.4 Å². The number of Topliss-reactive ketones (excluding diaryl/α,β-unsaturated/α-hetero) is 1. The number of methoxy groups -OCH3 is 1. The predicted octanol–water partition coefficient (Wildman–Crippen LogP) is 3.54. The Morgan fingerprint density at radius 3 is 2.90 bits per heavy atom. The summed E-state index contributed by atoms with van der Waals surface area (Å²) in [5.41, 5.74) is 1.28. The molecule has 1 heterocycles. The van der Waals surface area contributed by atoms with Crippen LogP contribution in [0, 0.1) is 5.82 Å². The van der Waals surface area contributed by atoms with Crippen molar-refractivity contribution in [3.8, 4) is 11.5 Å². The number of ether oxygens (including phenoxy) is 2. The quantitative estimate of drug-likeness (QED) is 0.838. The molecule has 102 valence electrons. The maximum Gasteiger partial charge on any atom is 0.170 e. The molecule has 0 bridgehead atoms. The van der Waals surface area contributed by atoms with Crippen LogP contribution in [0.15, 0.2) is 42.5 Å². The highest BCUT2D eigenvalue weighted by molar-refractivity contribution is 6.00. The smallest absolute Gasteiger partial charge is 0.170 e. The minimum Gasteiger partial charge on any atom is -0.497 e. The number of benzene rings is 2. The lowest BCUT2D eigenvalue weighted by atomic mass is 9.96. The largest absolute Gasteiger partial charge is 0.497 e. The van der Waals surface area contributed by atoms with Crippen LogP contribution in [-0.4, -0.2) is 12.9 Å². The van der Waals surface area contributed by atoms with Crippen LogP contribution in [0.25, 0.3) is 0 Å². The van der Waals surface area contributed by atoms with Gasteiger partial charge in [0, 0.05) is 6.07 Å². The van der Waals surface area contributed by atoms with Crippen molar-refractivity contribution >= 4 is 5.78 Å². The summed E-state index contributed by atoms with van der Waals surface area (Å²) >= 11 is 0. The summed E-state index contributed by atoms with van der Waals surface area (Å²) in [4.78, 5) is 12.1. The van der Waals surface area contributed by atoms with Crippen molar-refractivity contribution in [2.45, 2.75) is 12.5 Å². The molecular weight excluding hydrogens is 259 g/mol. The Hall–Kier alpha value is -2.36. The first-order valence-corrected chi connectivity index (χ1v) is 6.31. The van der Waals surface area contributed by atoms with Gasteiger partial charge in [0.1, 0.15) is 23.4 Å². The highest BCUT2D eigenvalue weighted by Gasteiger charge is 2.28. The second-order valence-electron chi connectivity index (χ2n) is 4.65. The van der Waals surface area contributed by atoms with Crippen molar-refractivity contribution in [1.29, 1.82) is 0 Å². The SMILES string of the molecule is COc1cccc(C2CC(=O)c3ccc(F)cc3O2)c1. The fraction of sp³-hybridized carbons (Fsp3) is 0.188. The van der Waals surface area contributed by atoms with Crippen LogP contribution in [0.5, 0.6) is 11.5 Å². The van der Waals surface area contributed by atoms with Gasteiger partial charge < -0.3 is 9.47 Å². The molecule has 0 aromatic heterocycles. The second kappa shape index (κ2) is 4.96. The van der Waals surface area contributed by atoms with Gasteiger partial charge in [-0.05, 0) is 29.8 Å². The first-order chi connectivity index (χ1) is 9.67. The Balaban J connectivity index is 1.96. The number of fused-ring (bicyclic) bond motifs is 1. The third-order valence-corrected chi connectivity index (χ3v) is 3.35. The van der Waals surface area contributed by atoms with Gasteiger partial charge in [-0.2, -0.15) is 0 Å². The number of carbonyl (C=O) groups excluding carboxylic acids is 1. The zero-order valence-electron chi connectivity index (χ0n) is 10.9. The van der Waals surface area contributed by atoms with Gasteiger partial charge in [-0.3, -0.25) is 4.79 Å². The zero-order valence-corrected chi connectivity index (χ0v) is 10.9. The molecule has 0 radical (unpaired) electrons. The normalized spacial score (nSPS) is 17.3. The molecule has 4 heteroatoms. The molecule has 1 aliphatic heterocycles. The zero-order chi connectivity index (χ0) is 14.1. The van der Waals surface area contributed by atoms with Crippen LogP contribution < -0.4 is 9.47 Å². The maximum absolute atomic E-state index is 13.3. The van der Waals surface area contributed by atoms with Crippen LogP contribution in [0.3, 0.4) is 0 Å². The van der Waals surface area contributed by atoms with Gasteiger partial charge in [0.2, 0.25) is 0 Å². The minimum absolute atomic E-state index is 0.0425. The number of hydrogen-bond donors (Lipinski definition) is 0. The first-order valence-electron chi connectivity index (χ1n) is 6.31. The van der Waals surface area contributed by atoms with E-state index in [1.807, 2.05) is 24.3 Å². The van der Waals surface area contributed by atoms with Crippen LogP contribution in [-0.2, 0) is 0 Å². The van der Waals surface area contributed by atoms with E-state index in [0.29, 0.717) is 17.1 Å². The highest BCUT2D eigenvalue weighted by Crippen LogP contribution is 2.36. The van der Waals surface area contributed by atoms with Gasteiger partial charge in [-0.1, -0.05) is 12.1 Å². The Morgan fingerprint density at radius 2 is 2.10 bits per heavy atom. The molecule has 0 spiro atoms. The summed E-state index contributed by atoms with van der Waals surface area (Å²) in [6, 6.07) is 11.3. The Kier molecular flexibility index (Phi) is 3.14. The number of carbonyl (C=O) groups is 1. The van der Waals surface area contributed by atoms with Gasteiger partial charge in [-0.25, -0.2) is 4.39 Å². The summed E-state index contributed by atoms with van der Waals surface area (Å²) < 4.78 is 24.2. The van der Waals surface area contributed by atoms with Gasteiger partial charge in [0.25, 0.3) is 0 Å². The number of halogens is 1. The number of ketones is 1. The van der Waals surface area contributed by atoms with E-state index in [1.165, 1.54) is 18.2 Å². The van der Waals surface area contributed by atoms with Crippen LogP contribution in [0.4, 0.5) is 4.39 Å². The van der Waals surface area contributed by atoms with Crippen molar-refractivity contribution in [2.75, 3.05) is 7.11 Å². The third-order valence-electron chi connectivity index (χ3n) is 3.35. The molecule has 0 amide bonds. The average Bonchev–Trinajstić information content (AvgIpc) is 2.46. The molecule has 3 nitrogen and oxygen atoms in total. The minimum atomic E-state index is -0.414. The summed E-state index contributed by atoms with van der Waals surface area (Å²) in [7, 11) is 1.58. The molecule has 2 aromatic rings. The van der Waals surface area contributed by atoms with E-state index in [2.05, 4.69) is 0 Å². The second-order valence-corrected chi connectivity index (χ2v) is 4.65. The molecular formula is C16H13FO3. The molecule has 2 aromatic carbocycles. The fourth-order valence-corrected chi connectivity index (χ4v) is 2.32. The van der Waals surface area contributed by atoms with Gasteiger partial charge >= 0.3 is 0 Å². The first kappa shape index (κ1) is 12.7. The lowest BCUT2D eigenvalue weighted by Crippen LogP contribution is -2.20. The van der Waals surface area contributed by atoms with Crippen LogP contribution >= 0.6 is 0 Å². The Bertz CT molecular complexity index is 667. The molecule has 1 aliphatic rings. The molecule has 0 aliphatic carbocycles. The average molecular weight is 272 g/mol. The monoisotopic (exact) mass is 272 g/mol. The molecule has 0 N–H and O–H groups in total. The topological polar surface area (TPSA) is 35.5 Å². The lowest BCUT2D eigenvalue weighted by molar-refractivity contribution is 0.0849. The molecule has 0 saturated heterocycles. The molecule has 20 heavy (non-hydrogen) atoms. The Labute approximate surface area is 115 Å². The molecule has 3 rings (SSSR count). The van der Waals surface area contributed by atoms with Gasteiger partial charge in [0.05, 0.1) is 19.1 Å². The van der Waals surface area contributed by atoms with Crippen molar-refractivity contribution in [3.05, 3.63) is 59.4 Å². The van der Waals surface area contributed by atoms with E-state index in [1.54, 1.807) is 7.11 Å². The van der Waals surface area contributed by atoms with Crippen LogP contribution in [0.2, 0.25) is 0 Å². The van der Waals surface area contributed by atoms with E-state index < -0.39 is 11.9 Å². The maximum atomic E-state index is 13.3. The number of rotatable bonds is 2.